The van der Waals surface area contributed by atoms with Crippen LogP contribution in [0.25, 0.3) is 0 Å². The molecule has 0 radical (unpaired) electrons. The molecule has 0 spiro atoms. The van der Waals surface area contributed by atoms with Gasteiger partial charge in [-0.25, -0.2) is 0 Å². The monoisotopic (exact) mass is 201 g/mol. The minimum Gasteiger partial charge on any atom is -0.347 e. The third-order valence-electron chi connectivity index (χ3n) is 1.96. The molecule has 12 heavy (non-hydrogen) atoms. The maximum Gasteiger partial charge on any atom is 0.205 e. The van der Waals surface area contributed by atoms with Crippen molar-refractivity contribution in [3.63, 3.8) is 0 Å². The number of anilines is 1. The Bertz CT molecular complexity index is 255. The van der Waals surface area contributed by atoms with E-state index >= 15 is 0 Å². The Hall–Kier alpha value is -0.290. The molecule has 0 aromatic carbocycles. The molecule has 3 nitrogen and oxygen atoms in total. The van der Waals surface area contributed by atoms with Gasteiger partial charge in [0.1, 0.15) is 0 Å². The first-order valence-electron chi connectivity index (χ1n) is 4.03. The quantitative estimate of drug-likeness (QED) is 0.683. The van der Waals surface area contributed by atoms with E-state index in [0.29, 0.717) is 0 Å². The van der Waals surface area contributed by atoms with Crippen LogP contribution < -0.4 is 4.90 Å². The lowest BCUT2D eigenvalue weighted by Gasteiger charge is -2.10. The van der Waals surface area contributed by atoms with E-state index in [1.165, 1.54) is 24.4 Å². The summed E-state index contributed by atoms with van der Waals surface area (Å²) in [5, 5.41) is 2.00. The summed E-state index contributed by atoms with van der Waals surface area (Å²) >= 11 is 3.13. The van der Waals surface area contributed by atoms with Crippen LogP contribution in [0.3, 0.4) is 0 Å². The fourth-order valence-electron chi connectivity index (χ4n) is 1.32. The van der Waals surface area contributed by atoms with E-state index in [1.54, 1.807) is 11.8 Å². The van der Waals surface area contributed by atoms with Crippen LogP contribution in [0, 0.1) is 0 Å². The third kappa shape index (κ3) is 1.56. The lowest BCUT2D eigenvalue weighted by molar-refractivity contribution is 0.935. The van der Waals surface area contributed by atoms with Gasteiger partial charge in [-0.15, -0.1) is 0 Å². The van der Waals surface area contributed by atoms with Crippen molar-refractivity contribution in [3.8, 4) is 0 Å². The highest BCUT2D eigenvalue weighted by atomic mass is 32.2. The number of hydrogen-bond acceptors (Lipinski definition) is 5. The molecule has 1 aromatic heterocycles. The van der Waals surface area contributed by atoms with Gasteiger partial charge >= 0.3 is 0 Å². The zero-order valence-corrected chi connectivity index (χ0v) is 8.62. The summed E-state index contributed by atoms with van der Waals surface area (Å²) in [5.74, 6) is 0. The van der Waals surface area contributed by atoms with Gasteiger partial charge in [-0.05, 0) is 19.1 Å². The number of thioether (sulfide) groups is 1. The second-order valence-electron chi connectivity index (χ2n) is 2.76. The van der Waals surface area contributed by atoms with Crippen molar-refractivity contribution in [3.05, 3.63) is 0 Å². The Morgan fingerprint density at radius 2 is 2.17 bits per heavy atom. The molecule has 0 amide bonds. The van der Waals surface area contributed by atoms with Gasteiger partial charge in [0.15, 0.2) is 0 Å². The maximum atomic E-state index is 4.41. The molecular formula is C7H11N3S2. The highest BCUT2D eigenvalue weighted by Gasteiger charge is 2.15. The molecule has 0 saturated carbocycles. The second-order valence-corrected chi connectivity index (χ2v) is 4.26. The Kier molecular flexibility index (Phi) is 2.51. The van der Waals surface area contributed by atoms with E-state index in [2.05, 4.69) is 14.3 Å². The largest absolute Gasteiger partial charge is 0.347 e. The van der Waals surface area contributed by atoms with Gasteiger partial charge in [0, 0.05) is 24.6 Å². The fourth-order valence-corrected chi connectivity index (χ4v) is 2.59. The maximum absolute atomic E-state index is 4.41. The molecule has 1 saturated heterocycles. The van der Waals surface area contributed by atoms with E-state index in [0.717, 1.165) is 23.4 Å². The number of hydrogen-bond donors (Lipinski definition) is 0. The molecule has 0 bridgehead atoms. The van der Waals surface area contributed by atoms with Crippen molar-refractivity contribution in [1.29, 1.82) is 0 Å². The summed E-state index contributed by atoms with van der Waals surface area (Å²) in [5.41, 5.74) is 0. The number of aromatic nitrogens is 2. The molecule has 1 aliphatic rings. The van der Waals surface area contributed by atoms with Crippen molar-refractivity contribution < 1.29 is 0 Å². The molecule has 0 N–H and O–H groups in total. The highest BCUT2D eigenvalue weighted by Crippen LogP contribution is 2.24. The van der Waals surface area contributed by atoms with E-state index in [4.69, 9.17) is 0 Å². The molecule has 0 aliphatic carbocycles. The molecule has 1 aliphatic heterocycles. The Labute approximate surface area is 80.4 Å². The topological polar surface area (TPSA) is 29.0 Å². The first kappa shape index (κ1) is 8.31. The molecular weight excluding hydrogens is 190 g/mol. The van der Waals surface area contributed by atoms with Gasteiger partial charge in [-0.3, -0.25) is 0 Å². The van der Waals surface area contributed by atoms with Gasteiger partial charge < -0.3 is 4.90 Å². The fraction of sp³-hybridized carbons (Fsp3) is 0.714. The van der Waals surface area contributed by atoms with Crippen LogP contribution in [0.5, 0.6) is 0 Å². The van der Waals surface area contributed by atoms with Gasteiger partial charge in [0.05, 0.1) is 0 Å². The predicted octanol–water partition coefficient (Wildman–Crippen LogP) is 1.86. The average molecular weight is 201 g/mol. The van der Waals surface area contributed by atoms with Crippen molar-refractivity contribution >= 4 is 28.4 Å². The third-order valence-corrected chi connectivity index (χ3v) is 3.40. The van der Waals surface area contributed by atoms with E-state index in [-0.39, 0.29) is 0 Å². The molecule has 1 aromatic rings. The second kappa shape index (κ2) is 3.62. The van der Waals surface area contributed by atoms with Crippen LogP contribution >= 0.6 is 23.3 Å². The predicted molar refractivity (Wildman–Crippen MR) is 53.1 cm³/mol. The van der Waals surface area contributed by atoms with Crippen molar-refractivity contribution in [2.75, 3.05) is 24.2 Å². The smallest absolute Gasteiger partial charge is 0.205 e. The molecule has 5 heteroatoms. The molecule has 2 rings (SSSR count). The SMILES string of the molecule is CSc1nsc(N2CCCC2)n1. The Balaban J connectivity index is 2.11. The normalized spacial score (nSPS) is 17.2. The zero-order chi connectivity index (χ0) is 8.39. The zero-order valence-electron chi connectivity index (χ0n) is 6.99. The van der Waals surface area contributed by atoms with Gasteiger partial charge in [-0.1, -0.05) is 11.8 Å². The molecule has 66 valence electrons. The van der Waals surface area contributed by atoms with Crippen LogP contribution in [-0.4, -0.2) is 28.7 Å². The van der Waals surface area contributed by atoms with Gasteiger partial charge in [-0.2, -0.15) is 9.36 Å². The van der Waals surface area contributed by atoms with E-state index < -0.39 is 0 Å². The van der Waals surface area contributed by atoms with Crippen molar-refractivity contribution in [2.45, 2.75) is 18.0 Å². The highest BCUT2D eigenvalue weighted by molar-refractivity contribution is 7.98. The van der Waals surface area contributed by atoms with Gasteiger partial charge in [0.25, 0.3) is 0 Å². The first-order valence-corrected chi connectivity index (χ1v) is 6.02. The van der Waals surface area contributed by atoms with Crippen LogP contribution in [0.4, 0.5) is 5.13 Å². The summed E-state index contributed by atoms with van der Waals surface area (Å²) in [6.45, 7) is 2.31. The number of nitrogens with zero attached hydrogens (tertiary/aromatic N) is 3. The standard InChI is InChI=1S/C7H11N3S2/c1-11-6-8-7(12-9-6)10-4-2-3-5-10/h2-5H2,1H3. The summed E-state index contributed by atoms with van der Waals surface area (Å²) in [7, 11) is 0. The van der Waals surface area contributed by atoms with E-state index in [1.807, 2.05) is 6.26 Å². The first-order chi connectivity index (χ1) is 5.90. The summed E-state index contributed by atoms with van der Waals surface area (Å²) < 4.78 is 4.23. The minimum atomic E-state index is 0.905. The minimum absolute atomic E-state index is 0.905. The lowest BCUT2D eigenvalue weighted by Crippen LogP contribution is -2.16. The van der Waals surface area contributed by atoms with Crippen LogP contribution in [-0.2, 0) is 0 Å². The summed E-state index contributed by atoms with van der Waals surface area (Å²) in [6.07, 6.45) is 4.61. The summed E-state index contributed by atoms with van der Waals surface area (Å²) in [6, 6.07) is 0. The van der Waals surface area contributed by atoms with Gasteiger partial charge in [0.2, 0.25) is 10.3 Å². The average Bonchev–Trinajstić information content (AvgIpc) is 2.75. The van der Waals surface area contributed by atoms with Crippen molar-refractivity contribution in [2.24, 2.45) is 0 Å². The van der Waals surface area contributed by atoms with Crippen molar-refractivity contribution in [1.82, 2.24) is 9.36 Å². The Morgan fingerprint density at radius 3 is 2.75 bits per heavy atom. The molecule has 0 atom stereocenters. The lowest BCUT2D eigenvalue weighted by atomic mass is 10.4. The molecule has 2 heterocycles. The van der Waals surface area contributed by atoms with Crippen LogP contribution in [0.2, 0.25) is 0 Å². The van der Waals surface area contributed by atoms with Crippen LogP contribution in [0.1, 0.15) is 12.8 Å². The van der Waals surface area contributed by atoms with Crippen LogP contribution in [0.15, 0.2) is 5.16 Å². The van der Waals surface area contributed by atoms with E-state index in [9.17, 15) is 0 Å². The molecule has 0 unspecified atom stereocenters. The Morgan fingerprint density at radius 1 is 1.42 bits per heavy atom. The molecule has 1 fully saturated rings. The number of rotatable bonds is 2. The summed E-state index contributed by atoms with van der Waals surface area (Å²) in [4.78, 5) is 6.72.